The molecule has 6 aliphatic rings. The van der Waals surface area contributed by atoms with E-state index in [0.29, 0.717) is 44.5 Å². The molecule has 2 aromatic carbocycles. The highest BCUT2D eigenvalue weighted by Crippen LogP contribution is 2.67. The lowest BCUT2D eigenvalue weighted by Crippen LogP contribution is -2.35. The third-order valence-electron chi connectivity index (χ3n) is 13.0. The smallest absolute Gasteiger partial charge is 0.270 e. The van der Waals surface area contributed by atoms with Gasteiger partial charge in [-0.05, 0) is 83.4 Å². The molecule has 2 saturated carbocycles. The maximum atomic E-state index is 14.1. The molecular formula is C48H32N4O2S2. The number of rotatable bonds is 2. The summed E-state index contributed by atoms with van der Waals surface area (Å²) >= 11 is 3.54. The number of hydrogen-bond acceptors (Lipinski definition) is 7. The Hall–Kier alpha value is -6.16. The SMILES string of the molecule is [C-]#[N+]C(C#N)=C1/C(=C/c2cc3c(s2)-c2sc4c(c2C32CCCCC2)C2(CCCCC2)C(/C=C2\C(=O)c3ccccc3C2=C(C#N)C#N)=C4)C(=O)c2ccccc21. The fourth-order valence-electron chi connectivity index (χ4n) is 10.7. The largest absolute Gasteiger partial charge is 0.289 e. The molecule has 6 aliphatic carbocycles. The first-order valence-electron chi connectivity index (χ1n) is 19.2. The third kappa shape index (κ3) is 4.55. The number of benzene rings is 2. The minimum atomic E-state index is -0.275. The van der Waals surface area contributed by atoms with Gasteiger partial charge in [0.1, 0.15) is 17.7 Å². The van der Waals surface area contributed by atoms with E-state index in [1.54, 1.807) is 23.5 Å². The van der Waals surface area contributed by atoms with Crippen LogP contribution < -0.4 is 0 Å². The van der Waals surface area contributed by atoms with Gasteiger partial charge in [-0.15, -0.1) is 22.7 Å². The predicted octanol–water partition coefficient (Wildman–Crippen LogP) is 11.7. The minimum Gasteiger partial charge on any atom is -0.289 e. The summed E-state index contributed by atoms with van der Waals surface area (Å²) in [6.07, 6.45) is 17.0. The van der Waals surface area contributed by atoms with E-state index in [4.69, 9.17) is 6.57 Å². The summed E-state index contributed by atoms with van der Waals surface area (Å²) in [5, 5.41) is 30.0. The zero-order valence-electron chi connectivity index (χ0n) is 30.4. The van der Waals surface area contributed by atoms with Crippen molar-refractivity contribution in [2.45, 2.75) is 75.0 Å². The van der Waals surface area contributed by atoms with Crippen LogP contribution in [0.5, 0.6) is 0 Å². The first kappa shape index (κ1) is 34.3. The van der Waals surface area contributed by atoms with Crippen LogP contribution in [-0.4, -0.2) is 11.6 Å². The summed E-state index contributed by atoms with van der Waals surface area (Å²) in [5.74, 6) is -0.299. The maximum absolute atomic E-state index is 14.1. The molecule has 0 aliphatic heterocycles. The van der Waals surface area contributed by atoms with Crippen LogP contribution in [-0.2, 0) is 10.8 Å². The number of hydrogen-bond donors (Lipinski definition) is 0. The van der Waals surface area contributed by atoms with E-state index < -0.39 is 0 Å². The monoisotopic (exact) mass is 760 g/mol. The molecule has 2 heterocycles. The third-order valence-corrected chi connectivity index (χ3v) is 15.4. The number of nitrogens with zero attached hydrogens (tertiary/aromatic N) is 4. The second kappa shape index (κ2) is 12.7. The Morgan fingerprint density at radius 2 is 1.25 bits per heavy atom. The second-order valence-electron chi connectivity index (χ2n) is 15.6. The summed E-state index contributed by atoms with van der Waals surface area (Å²) < 4.78 is 0. The normalized spacial score (nSPS) is 21.5. The molecule has 2 fully saturated rings. The number of allylic oxidation sites excluding steroid dienone is 8. The molecule has 0 N–H and O–H groups in total. The minimum absolute atomic E-state index is 0.0402. The Labute approximate surface area is 333 Å². The van der Waals surface area contributed by atoms with Crippen LogP contribution in [0.2, 0.25) is 0 Å². The molecule has 8 heteroatoms. The predicted molar refractivity (Wildman–Crippen MR) is 219 cm³/mol. The first-order chi connectivity index (χ1) is 27.4. The molecule has 0 bridgehead atoms. The lowest BCUT2D eigenvalue weighted by molar-refractivity contribution is 0.103. The fraction of sp³-hybridized carbons (Fsp3) is 0.250. The average Bonchev–Trinajstić information content (AvgIpc) is 4.05. The van der Waals surface area contributed by atoms with Crippen molar-refractivity contribution >= 4 is 57.5 Å². The Morgan fingerprint density at radius 1 is 0.679 bits per heavy atom. The molecule has 2 spiro atoms. The van der Waals surface area contributed by atoms with Crippen LogP contribution in [0.15, 0.2) is 88.7 Å². The van der Waals surface area contributed by atoms with E-state index in [1.165, 1.54) is 37.7 Å². The van der Waals surface area contributed by atoms with Crippen LogP contribution in [0.1, 0.15) is 122 Å². The lowest BCUT2D eigenvalue weighted by atomic mass is 9.61. The average molecular weight is 761 g/mol. The van der Waals surface area contributed by atoms with Crippen LogP contribution >= 0.6 is 22.7 Å². The fourth-order valence-corrected chi connectivity index (χ4v) is 13.5. The van der Waals surface area contributed by atoms with E-state index in [-0.39, 0.29) is 33.7 Å². The second-order valence-corrected chi connectivity index (χ2v) is 17.7. The number of Topliss-reactive ketones (excluding diaryl/α,β-unsaturated/α-hetero) is 2. The molecule has 10 rings (SSSR count). The van der Waals surface area contributed by atoms with Crippen molar-refractivity contribution in [1.29, 1.82) is 15.8 Å². The maximum Gasteiger partial charge on any atom is 0.270 e. The highest BCUT2D eigenvalue weighted by molar-refractivity contribution is 7.23. The molecule has 6 nitrogen and oxygen atoms in total. The molecule has 4 aromatic rings. The molecule has 0 radical (unpaired) electrons. The number of carbonyl (C=O) groups is 2. The first-order valence-corrected chi connectivity index (χ1v) is 20.9. The van der Waals surface area contributed by atoms with Crippen LogP contribution in [0, 0.1) is 40.6 Å². The zero-order valence-corrected chi connectivity index (χ0v) is 32.1. The van der Waals surface area contributed by atoms with Gasteiger partial charge in [0.2, 0.25) is 0 Å². The number of fused-ring (bicyclic) bond motifs is 10. The molecule has 268 valence electrons. The Bertz CT molecular complexity index is 2810. The Balaban J connectivity index is 1.15. The standard InChI is InChI=1S/C48H32N4O2S2/c1-52-37(26-51)40-31-13-5-7-15-33(31)44(54)35(40)22-29-23-36-45(55-29)46-42(48(36)18-10-3-11-19-48)41-38(56-46)21-28(47(41)16-8-2-9-17-47)20-34-39(27(24-49)25-50)30-12-4-6-14-32(30)43(34)53/h4-7,12-15,20-23H,2-3,8-11,16-19H2/b34-20-,35-22-,40-37?. The molecule has 0 atom stereocenters. The van der Waals surface area contributed by atoms with Crippen molar-refractivity contribution in [3.8, 4) is 28.0 Å². The molecule has 56 heavy (non-hydrogen) atoms. The highest BCUT2D eigenvalue weighted by Gasteiger charge is 2.54. The molecule has 0 unspecified atom stereocenters. The topological polar surface area (TPSA) is 110 Å². The van der Waals surface area contributed by atoms with Gasteiger partial charge in [0.15, 0.2) is 11.6 Å². The molecule has 0 saturated heterocycles. The van der Waals surface area contributed by atoms with Crippen LogP contribution in [0.4, 0.5) is 0 Å². The van der Waals surface area contributed by atoms with Crippen molar-refractivity contribution < 1.29 is 9.59 Å². The van der Waals surface area contributed by atoms with Gasteiger partial charge in [0.25, 0.3) is 5.70 Å². The summed E-state index contributed by atoms with van der Waals surface area (Å²) in [5.41, 5.74) is 8.80. The molecule has 2 aromatic heterocycles. The zero-order chi connectivity index (χ0) is 38.3. The number of ketones is 2. The Kier molecular flexibility index (Phi) is 7.78. The van der Waals surface area contributed by atoms with Crippen LogP contribution in [0.3, 0.4) is 0 Å². The van der Waals surface area contributed by atoms with Crippen molar-refractivity contribution in [2.24, 2.45) is 0 Å². The van der Waals surface area contributed by atoms with Gasteiger partial charge >= 0.3 is 0 Å². The van der Waals surface area contributed by atoms with E-state index in [1.807, 2.05) is 66.0 Å². The van der Waals surface area contributed by atoms with Crippen molar-refractivity contribution in [3.63, 3.8) is 0 Å². The summed E-state index contributed by atoms with van der Waals surface area (Å²) in [4.78, 5) is 36.2. The number of nitriles is 3. The summed E-state index contributed by atoms with van der Waals surface area (Å²) in [6, 6.07) is 23.0. The summed E-state index contributed by atoms with van der Waals surface area (Å²) in [7, 11) is 0. The van der Waals surface area contributed by atoms with Gasteiger partial charge in [0, 0.05) is 63.8 Å². The lowest BCUT2D eigenvalue weighted by Gasteiger charge is -2.42. The van der Waals surface area contributed by atoms with E-state index in [9.17, 15) is 25.4 Å². The van der Waals surface area contributed by atoms with E-state index in [0.717, 1.165) is 68.2 Å². The van der Waals surface area contributed by atoms with Crippen molar-refractivity contribution in [2.75, 3.05) is 0 Å². The van der Waals surface area contributed by atoms with Crippen LogP contribution in [0.25, 0.3) is 37.9 Å². The van der Waals surface area contributed by atoms with Gasteiger partial charge in [0.05, 0.1) is 12.6 Å². The quantitative estimate of drug-likeness (QED) is 0.115. The van der Waals surface area contributed by atoms with E-state index in [2.05, 4.69) is 29.1 Å². The van der Waals surface area contributed by atoms with Gasteiger partial charge in [-0.1, -0.05) is 87.1 Å². The Morgan fingerprint density at radius 3 is 1.84 bits per heavy atom. The van der Waals surface area contributed by atoms with Crippen molar-refractivity contribution in [3.05, 3.63) is 149 Å². The van der Waals surface area contributed by atoms with Crippen molar-refractivity contribution in [1.82, 2.24) is 0 Å². The molecule has 0 amide bonds. The van der Waals surface area contributed by atoms with E-state index >= 15 is 0 Å². The highest BCUT2D eigenvalue weighted by atomic mass is 32.1. The van der Waals surface area contributed by atoms with Gasteiger partial charge < -0.3 is 0 Å². The number of thiophene rings is 2. The molecular weight excluding hydrogens is 729 g/mol. The van der Waals surface area contributed by atoms with Gasteiger partial charge in [-0.2, -0.15) is 10.5 Å². The summed E-state index contributed by atoms with van der Waals surface area (Å²) in [6.45, 7) is 7.74. The van der Waals surface area contributed by atoms with Gasteiger partial charge in [-0.25, -0.2) is 10.1 Å². The van der Waals surface area contributed by atoms with Gasteiger partial charge in [-0.3, -0.25) is 9.59 Å². The number of carbonyl (C=O) groups excluding carboxylic acids is 2.